The minimum absolute atomic E-state index is 0.753. The fourth-order valence-electron chi connectivity index (χ4n) is 4.75. The van der Waals surface area contributed by atoms with E-state index in [0.29, 0.717) is 0 Å². The lowest BCUT2D eigenvalue weighted by molar-refractivity contribution is -0.399. The summed E-state index contributed by atoms with van der Waals surface area (Å²) in [7, 11) is 0. The second-order valence-electron chi connectivity index (χ2n) is 5.25. The van der Waals surface area contributed by atoms with E-state index in [2.05, 4.69) is 5.73 Å². The van der Waals surface area contributed by atoms with Gasteiger partial charge < -0.3 is 5.73 Å². The second-order valence-corrected chi connectivity index (χ2v) is 5.25. The molecule has 3 aliphatic carbocycles. The van der Waals surface area contributed by atoms with E-state index >= 15 is 0 Å². The Bertz CT molecular complexity index is 201. The Balaban J connectivity index is 1.98. The number of quaternary nitrogens is 1. The zero-order valence-electron chi connectivity index (χ0n) is 7.89. The maximum absolute atomic E-state index is 4.22. The third kappa shape index (κ3) is 0.654. The van der Waals surface area contributed by atoms with E-state index in [1.807, 2.05) is 0 Å². The molecule has 0 unspecified atom stereocenters. The van der Waals surface area contributed by atoms with Gasteiger partial charge in [0.25, 0.3) is 0 Å². The van der Waals surface area contributed by atoms with Crippen molar-refractivity contribution >= 4 is 0 Å². The highest BCUT2D eigenvalue weighted by molar-refractivity contribution is 5.08. The summed E-state index contributed by atoms with van der Waals surface area (Å²) in [5.41, 5.74) is 4.97. The van der Waals surface area contributed by atoms with Crippen molar-refractivity contribution in [3.05, 3.63) is 0 Å². The quantitative estimate of drug-likeness (QED) is 0.610. The molecule has 0 aromatic heterocycles. The molecule has 2 bridgehead atoms. The first kappa shape index (κ1) is 7.37. The molecule has 3 fully saturated rings. The lowest BCUT2D eigenvalue weighted by atomic mass is 9.68. The largest absolute Gasteiger partial charge is 0.357 e. The van der Waals surface area contributed by atoms with Gasteiger partial charge in [-0.3, -0.25) is 0 Å². The molecule has 3 aliphatic rings. The molecule has 1 heteroatoms. The molecule has 0 radical (unpaired) electrons. The van der Waals surface area contributed by atoms with Crippen molar-refractivity contribution in [2.45, 2.75) is 38.5 Å². The summed E-state index contributed by atoms with van der Waals surface area (Å²) in [5, 5.41) is 0. The lowest BCUT2D eigenvalue weighted by Crippen LogP contribution is -2.60. The van der Waals surface area contributed by atoms with Crippen LogP contribution in [0.4, 0.5) is 0 Å². The smallest absolute Gasteiger partial charge is 0.0802 e. The normalized spacial score (nSPS) is 56.2. The summed E-state index contributed by atoms with van der Waals surface area (Å²) < 4.78 is 0. The summed E-state index contributed by atoms with van der Waals surface area (Å²) in [6.07, 6.45) is 9.22. The number of rotatable bonds is 1. The minimum Gasteiger partial charge on any atom is -0.357 e. The highest BCUT2D eigenvalue weighted by Crippen LogP contribution is 2.65. The van der Waals surface area contributed by atoms with Gasteiger partial charge in [-0.2, -0.15) is 0 Å². The Morgan fingerprint density at radius 3 is 2.92 bits per heavy atom. The van der Waals surface area contributed by atoms with Crippen LogP contribution >= 0.6 is 0 Å². The third-order valence-electron chi connectivity index (χ3n) is 5.22. The highest BCUT2D eigenvalue weighted by atomic mass is 14.7. The van der Waals surface area contributed by atoms with Gasteiger partial charge in [-0.25, -0.2) is 0 Å². The van der Waals surface area contributed by atoms with Gasteiger partial charge in [0.1, 0.15) is 0 Å². The van der Waals surface area contributed by atoms with Crippen LogP contribution in [-0.2, 0) is 0 Å². The van der Waals surface area contributed by atoms with Crippen LogP contribution in [0.15, 0.2) is 0 Å². The van der Waals surface area contributed by atoms with E-state index in [-0.39, 0.29) is 0 Å². The van der Waals surface area contributed by atoms with Crippen molar-refractivity contribution in [3.8, 4) is 0 Å². The Morgan fingerprint density at radius 2 is 2.17 bits per heavy atom. The third-order valence-corrected chi connectivity index (χ3v) is 5.22. The second kappa shape index (κ2) is 2.25. The van der Waals surface area contributed by atoms with Gasteiger partial charge in [-0.05, 0) is 49.9 Å². The van der Waals surface area contributed by atoms with Gasteiger partial charge in [0.15, 0.2) is 0 Å². The van der Waals surface area contributed by atoms with Crippen molar-refractivity contribution in [2.24, 2.45) is 23.2 Å². The Morgan fingerprint density at radius 1 is 1.25 bits per heavy atom. The first-order valence-electron chi connectivity index (χ1n) is 5.66. The molecular formula is C11H20N+. The molecule has 4 atom stereocenters. The molecule has 12 heavy (non-hydrogen) atoms. The zero-order valence-corrected chi connectivity index (χ0v) is 7.89. The molecule has 1 nitrogen and oxygen atoms in total. The topological polar surface area (TPSA) is 27.6 Å². The van der Waals surface area contributed by atoms with Crippen LogP contribution in [0, 0.1) is 23.2 Å². The monoisotopic (exact) mass is 166 g/mol. The molecule has 0 aliphatic heterocycles. The van der Waals surface area contributed by atoms with Gasteiger partial charge >= 0.3 is 0 Å². The first-order valence-corrected chi connectivity index (χ1v) is 5.66. The summed E-state index contributed by atoms with van der Waals surface area (Å²) in [4.78, 5) is 0. The molecule has 3 rings (SSSR count). The van der Waals surface area contributed by atoms with Crippen LogP contribution in [0.25, 0.3) is 0 Å². The highest BCUT2D eigenvalue weighted by Gasteiger charge is 2.59. The van der Waals surface area contributed by atoms with E-state index in [0.717, 1.165) is 23.2 Å². The molecule has 3 N–H and O–H groups in total. The van der Waals surface area contributed by atoms with Crippen LogP contribution in [0.1, 0.15) is 38.5 Å². The Kier molecular flexibility index (Phi) is 1.39. The number of hydrogen-bond donors (Lipinski definition) is 1. The first-order chi connectivity index (χ1) is 5.87. The maximum atomic E-state index is 4.22. The van der Waals surface area contributed by atoms with Crippen LogP contribution in [0.3, 0.4) is 0 Å². The minimum atomic E-state index is 0.753. The molecule has 0 aromatic rings. The van der Waals surface area contributed by atoms with Crippen LogP contribution in [-0.4, -0.2) is 6.54 Å². The molecule has 68 valence electrons. The van der Waals surface area contributed by atoms with Crippen LogP contribution in [0.5, 0.6) is 0 Å². The van der Waals surface area contributed by atoms with Crippen molar-refractivity contribution in [3.63, 3.8) is 0 Å². The SMILES string of the molecule is [NH3+]C[C@@]12CCC[C@@H]1[C@H]1CC[C@@H]2C1. The van der Waals surface area contributed by atoms with E-state index in [4.69, 9.17) is 0 Å². The van der Waals surface area contributed by atoms with Crippen molar-refractivity contribution in [1.82, 2.24) is 0 Å². The molecule has 0 spiro atoms. The van der Waals surface area contributed by atoms with Crippen LogP contribution in [0.2, 0.25) is 0 Å². The van der Waals surface area contributed by atoms with Crippen molar-refractivity contribution in [2.75, 3.05) is 6.54 Å². The zero-order chi connectivity index (χ0) is 8.18. The maximum Gasteiger partial charge on any atom is 0.0802 e. The number of hydrogen-bond acceptors (Lipinski definition) is 0. The molecular weight excluding hydrogens is 146 g/mol. The van der Waals surface area contributed by atoms with E-state index in [9.17, 15) is 0 Å². The van der Waals surface area contributed by atoms with E-state index < -0.39 is 0 Å². The predicted molar refractivity (Wildman–Crippen MR) is 48.4 cm³/mol. The fourth-order valence-corrected chi connectivity index (χ4v) is 4.75. The molecule has 0 amide bonds. The molecule has 0 heterocycles. The van der Waals surface area contributed by atoms with Crippen molar-refractivity contribution < 1.29 is 5.73 Å². The van der Waals surface area contributed by atoms with Gasteiger partial charge in [-0.1, -0.05) is 6.42 Å². The standard InChI is InChI=1S/C11H19N/c12-7-11-5-1-2-10(11)8-3-4-9(11)6-8/h8-10H,1-7,12H2/p+1/t8-,9+,10+,11+/m0/s1. The molecule has 3 saturated carbocycles. The van der Waals surface area contributed by atoms with Gasteiger partial charge in [0, 0.05) is 5.41 Å². The average molecular weight is 166 g/mol. The van der Waals surface area contributed by atoms with E-state index in [1.165, 1.54) is 32.2 Å². The van der Waals surface area contributed by atoms with Gasteiger partial charge in [0.05, 0.1) is 6.54 Å². The average Bonchev–Trinajstić information content (AvgIpc) is 2.76. The number of fused-ring (bicyclic) bond motifs is 5. The Hall–Kier alpha value is -0.0400. The molecule has 0 aromatic carbocycles. The Labute approximate surface area is 74.7 Å². The summed E-state index contributed by atoms with van der Waals surface area (Å²) in [6.45, 7) is 1.23. The van der Waals surface area contributed by atoms with Crippen molar-refractivity contribution in [1.29, 1.82) is 0 Å². The summed E-state index contributed by atoms with van der Waals surface area (Å²) in [6, 6.07) is 0. The summed E-state index contributed by atoms with van der Waals surface area (Å²) >= 11 is 0. The molecule has 0 saturated heterocycles. The predicted octanol–water partition coefficient (Wildman–Crippen LogP) is 1.44. The fraction of sp³-hybridized carbons (Fsp3) is 1.00. The van der Waals surface area contributed by atoms with E-state index in [1.54, 1.807) is 12.8 Å². The van der Waals surface area contributed by atoms with Crippen LogP contribution < -0.4 is 5.73 Å². The summed E-state index contributed by atoms with van der Waals surface area (Å²) in [5.74, 6) is 3.32. The van der Waals surface area contributed by atoms with Gasteiger partial charge in [0.2, 0.25) is 0 Å². The van der Waals surface area contributed by atoms with Gasteiger partial charge in [-0.15, -0.1) is 0 Å². The lowest BCUT2D eigenvalue weighted by Gasteiger charge is -2.36.